The summed E-state index contributed by atoms with van der Waals surface area (Å²) < 4.78 is 10.2. The highest BCUT2D eigenvalue weighted by atomic mass is 16.6. The van der Waals surface area contributed by atoms with Crippen molar-refractivity contribution < 1.29 is 24.2 Å². The van der Waals surface area contributed by atoms with E-state index in [0.29, 0.717) is 18.9 Å². The number of hydrogen-bond acceptors (Lipinski definition) is 5. The number of ether oxygens (including phenoxy) is 2. The number of H-pyrrole nitrogens is 1. The molecule has 2 aromatic rings. The van der Waals surface area contributed by atoms with Crippen LogP contribution in [0.15, 0.2) is 36.5 Å². The van der Waals surface area contributed by atoms with Crippen molar-refractivity contribution in [1.82, 2.24) is 4.98 Å². The second-order valence-electron chi connectivity index (χ2n) is 4.58. The second kappa shape index (κ2) is 8.00. The van der Waals surface area contributed by atoms with Crippen molar-refractivity contribution in [2.45, 2.75) is 6.92 Å². The molecule has 0 bridgehead atoms. The molecule has 0 saturated heterocycles. The lowest BCUT2D eigenvalue weighted by Gasteiger charge is -2.09. The van der Waals surface area contributed by atoms with Gasteiger partial charge >= 0.3 is 11.9 Å². The standard InChI is InChI=1S/C16H18N2O5/c1-2-22-8-9-23-16(21)12-10-17-14(15(19)20)13(12)18-11-6-4-3-5-7-11/h3-7,10,17-18H,2,8-9H2,1H3,(H,19,20). The number of aromatic carboxylic acids is 1. The summed E-state index contributed by atoms with van der Waals surface area (Å²) in [6.07, 6.45) is 1.32. The van der Waals surface area contributed by atoms with Crippen LogP contribution in [0.25, 0.3) is 0 Å². The molecule has 0 aliphatic carbocycles. The lowest BCUT2D eigenvalue weighted by Crippen LogP contribution is -2.12. The number of carbonyl (C=O) groups excluding carboxylic acids is 1. The summed E-state index contributed by atoms with van der Waals surface area (Å²) in [6.45, 7) is 2.77. The summed E-state index contributed by atoms with van der Waals surface area (Å²) in [6, 6.07) is 8.97. The van der Waals surface area contributed by atoms with Crippen LogP contribution in [0.1, 0.15) is 27.8 Å². The number of carboxylic acids is 1. The predicted octanol–water partition coefficient (Wildman–Crippen LogP) is 2.65. The van der Waals surface area contributed by atoms with Crippen LogP contribution in [-0.4, -0.2) is 41.8 Å². The van der Waals surface area contributed by atoms with Gasteiger partial charge < -0.3 is 24.9 Å². The van der Waals surface area contributed by atoms with E-state index in [2.05, 4.69) is 10.3 Å². The normalized spacial score (nSPS) is 10.3. The van der Waals surface area contributed by atoms with Crippen LogP contribution in [0.4, 0.5) is 11.4 Å². The van der Waals surface area contributed by atoms with Crippen molar-refractivity contribution >= 4 is 23.3 Å². The maximum Gasteiger partial charge on any atom is 0.354 e. The largest absolute Gasteiger partial charge is 0.477 e. The average molecular weight is 318 g/mol. The molecule has 2 rings (SSSR count). The van der Waals surface area contributed by atoms with E-state index in [0.717, 1.165) is 0 Å². The lowest BCUT2D eigenvalue weighted by atomic mass is 10.2. The maximum atomic E-state index is 12.1. The number of nitrogens with one attached hydrogen (secondary N) is 2. The van der Waals surface area contributed by atoms with Crippen LogP contribution in [0, 0.1) is 0 Å². The maximum absolute atomic E-state index is 12.1. The van der Waals surface area contributed by atoms with E-state index in [4.69, 9.17) is 9.47 Å². The zero-order valence-electron chi connectivity index (χ0n) is 12.7. The van der Waals surface area contributed by atoms with Crippen molar-refractivity contribution in [3.8, 4) is 0 Å². The molecule has 0 atom stereocenters. The molecule has 1 aromatic carbocycles. The number of carboxylic acid groups (broad SMARTS) is 1. The molecule has 0 radical (unpaired) electrons. The minimum absolute atomic E-state index is 0.102. The number of aromatic nitrogens is 1. The van der Waals surface area contributed by atoms with Gasteiger partial charge in [0.05, 0.1) is 12.3 Å². The first kappa shape index (κ1) is 16.6. The van der Waals surface area contributed by atoms with Gasteiger partial charge in [0.25, 0.3) is 0 Å². The van der Waals surface area contributed by atoms with E-state index in [1.807, 2.05) is 13.0 Å². The first-order valence-corrected chi connectivity index (χ1v) is 7.15. The van der Waals surface area contributed by atoms with Crippen molar-refractivity contribution in [3.63, 3.8) is 0 Å². The van der Waals surface area contributed by atoms with Gasteiger partial charge in [-0.1, -0.05) is 18.2 Å². The molecule has 1 heterocycles. The number of benzene rings is 1. The summed E-state index contributed by atoms with van der Waals surface area (Å²) in [5, 5.41) is 12.2. The fraction of sp³-hybridized carbons (Fsp3) is 0.250. The van der Waals surface area contributed by atoms with E-state index in [1.165, 1.54) is 6.20 Å². The van der Waals surface area contributed by atoms with Crippen LogP contribution in [0.5, 0.6) is 0 Å². The molecule has 0 unspecified atom stereocenters. The fourth-order valence-electron chi connectivity index (χ4n) is 1.96. The summed E-state index contributed by atoms with van der Waals surface area (Å²) in [5.74, 6) is -1.79. The number of rotatable bonds is 8. The number of aromatic amines is 1. The minimum Gasteiger partial charge on any atom is -0.477 e. The number of carbonyl (C=O) groups is 2. The van der Waals surface area contributed by atoms with Crippen molar-refractivity contribution in [3.05, 3.63) is 47.8 Å². The third kappa shape index (κ3) is 4.33. The molecule has 1 aromatic heterocycles. The monoisotopic (exact) mass is 318 g/mol. The Kier molecular flexibility index (Phi) is 5.76. The molecule has 7 heteroatoms. The van der Waals surface area contributed by atoms with Gasteiger partial charge in [0.2, 0.25) is 0 Å². The zero-order valence-corrected chi connectivity index (χ0v) is 12.7. The highest BCUT2D eigenvalue weighted by molar-refractivity contribution is 6.04. The zero-order chi connectivity index (χ0) is 16.7. The van der Waals surface area contributed by atoms with E-state index >= 15 is 0 Å². The highest BCUT2D eigenvalue weighted by Crippen LogP contribution is 2.26. The van der Waals surface area contributed by atoms with Gasteiger partial charge in [-0.05, 0) is 19.1 Å². The van der Waals surface area contributed by atoms with Gasteiger partial charge in [-0.2, -0.15) is 0 Å². The Morgan fingerprint density at radius 1 is 1.22 bits per heavy atom. The van der Waals surface area contributed by atoms with E-state index in [-0.39, 0.29) is 23.6 Å². The summed E-state index contributed by atoms with van der Waals surface area (Å²) in [7, 11) is 0. The molecule has 0 fully saturated rings. The third-order valence-corrected chi connectivity index (χ3v) is 3.02. The molecule has 7 nitrogen and oxygen atoms in total. The van der Waals surface area contributed by atoms with Crippen LogP contribution in [0.2, 0.25) is 0 Å². The molecule has 0 aliphatic heterocycles. The van der Waals surface area contributed by atoms with Crippen LogP contribution >= 0.6 is 0 Å². The molecule has 0 aliphatic rings. The van der Waals surface area contributed by atoms with Crippen molar-refractivity contribution in [2.24, 2.45) is 0 Å². The lowest BCUT2D eigenvalue weighted by molar-refractivity contribution is 0.0336. The third-order valence-electron chi connectivity index (χ3n) is 3.02. The first-order valence-electron chi connectivity index (χ1n) is 7.15. The molecular weight excluding hydrogens is 300 g/mol. The van der Waals surface area contributed by atoms with Gasteiger partial charge in [-0.3, -0.25) is 0 Å². The quantitative estimate of drug-likeness (QED) is 0.511. The number of esters is 1. The smallest absolute Gasteiger partial charge is 0.354 e. The summed E-state index contributed by atoms with van der Waals surface area (Å²) >= 11 is 0. The Hall–Kier alpha value is -2.80. The van der Waals surface area contributed by atoms with Gasteiger partial charge in [-0.25, -0.2) is 9.59 Å². The molecule has 23 heavy (non-hydrogen) atoms. The minimum atomic E-state index is -1.17. The van der Waals surface area contributed by atoms with Crippen LogP contribution < -0.4 is 5.32 Å². The van der Waals surface area contributed by atoms with Gasteiger partial charge in [0.15, 0.2) is 0 Å². The Morgan fingerprint density at radius 2 is 1.96 bits per heavy atom. The Bertz CT molecular complexity index is 666. The molecule has 0 amide bonds. The molecule has 0 saturated carbocycles. The average Bonchev–Trinajstić information content (AvgIpc) is 2.96. The van der Waals surface area contributed by atoms with Crippen LogP contribution in [-0.2, 0) is 9.47 Å². The summed E-state index contributed by atoms with van der Waals surface area (Å²) in [5.41, 5.74) is 0.858. The van der Waals surface area contributed by atoms with E-state index in [1.54, 1.807) is 24.3 Å². The summed E-state index contributed by atoms with van der Waals surface area (Å²) in [4.78, 5) is 26.0. The number of hydrogen-bond donors (Lipinski definition) is 3. The number of anilines is 2. The van der Waals surface area contributed by atoms with Crippen molar-refractivity contribution in [2.75, 3.05) is 25.1 Å². The van der Waals surface area contributed by atoms with Crippen LogP contribution in [0.3, 0.4) is 0 Å². The van der Waals surface area contributed by atoms with E-state index in [9.17, 15) is 14.7 Å². The number of para-hydroxylation sites is 1. The fourth-order valence-corrected chi connectivity index (χ4v) is 1.96. The van der Waals surface area contributed by atoms with Gasteiger partial charge in [0.1, 0.15) is 17.9 Å². The Labute approximate surface area is 133 Å². The van der Waals surface area contributed by atoms with Gasteiger partial charge in [0, 0.05) is 18.5 Å². The van der Waals surface area contributed by atoms with E-state index < -0.39 is 11.9 Å². The van der Waals surface area contributed by atoms with Gasteiger partial charge in [-0.15, -0.1) is 0 Å². The topological polar surface area (TPSA) is 101 Å². The molecule has 122 valence electrons. The Balaban J connectivity index is 2.19. The second-order valence-corrected chi connectivity index (χ2v) is 4.58. The van der Waals surface area contributed by atoms with Crippen molar-refractivity contribution in [1.29, 1.82) is 0 Å². The molecule has 3 N–H and O–H groups in total. The highest BCUT2D eigenvalue weighted by Gasteiger charge is 2.22. The predicted molar refractivity (Wildman–Crippen MR) is 84.3 cm³/mol. The molecular formula is C16H18N2O5. The molecule has 0 spiro atoms. The Morgan fingerprint density at radius 3 is 2.61 bits per heavy atom. The SMILES string of the molecule is CCOCCOC(=O)c1c[nH]c(C(=O)O)c1Nc1ccccc1. The first-order chi connectivity index (χ1) is 11.1.